The minimum atomic E-state index is -1.04. The standard InChI is InChI=1S/C13H11ClF2N2O/c1-7-13(14)8(2)18(17-7)6-12(19)9-3-4-10(15)11(16)5-9/h3-5H,6H2,1-2H3. The minimum absolute atomic E-state index is 0.0650. The zero-order valence-corrected chi connectivity index (χ0v) is 11.1. The number of carbonyl (C=O) groups excluding carboxylic acids is 1. The Balaban J connectivity index is 2.25. The number of halogens is 3. The molecule has 0 aliphatic rings. The van der Waals surface area contributed by atoms with Crippen molar-refractivity contribution in [2.24, 2.45) is 0 Å². The van der Waals surface area contributed by atoms with E-state index in [4.69, 9.17) is 11.6 Å². The molecular weight excluding hydrogens is 274 g/mol. The lowest BCUT2D eigenvalue weighted by Crippen LogP contribution is -2.13. The van der Waals surface area contributed by atoms with Gasteiger partial charge < -0.3 is 0 Å². The summed E-state index contributed by atoms with van der Waals surface area (Å²) in [4.78, 5) is 12.0. The van der Waals surface area contributed by atoms with Crippen molar-refractivity contribution >= 4 is 17.4 Å². The molecule has 1 aromatic heterocycles. The van der Waals surface area contributed by atoms with Gasteiger partial charge in [0.1, 0.15) is 6.54 Å². The van der Waals surface area contributed by atoms with Crippen LogP contribution in [0.3, 0.4) is 0 Å². The van der Waals surface area contributed by atoms with Crippen molar-refractivity contribution < 1.29 is 13.6 Å². The van der Waals surface area contributed by atoms with E-state index in [-0.39, 0.29) is 17.9 Å². The van der Waals surface area contributed by atoms with Gasteiger partial charge in [0, 0.05) is 5.56 Å². The molecule has 0 amide bonds. The van der Waals surface area contributed by atoms with Gasteiger partial charge in [0.05, 0.1) is 16.4 Å². The van der Waals surface area contributed by atoms with E-state index in [0.29, 0.717) is 16.4 Å². The number of hydrogen-bond donors (Lipinski definition) is 0. The van der Waals surface area contributed by atoms with Crippen molar-refractivity contribution in [3.63, 3.8) is 0 Å². The SMILES string of the molecule is Cc1nn(CC(=O)c2ccc(F)c(F)c2)c(C)c1Cl. The average molecular weight is 285 g/mol. The molecule has 0 aliphatic heterocycles. The predicted octanol–water partition coefficient (Wildman–Crippen LogP) is 3.31. The monoisotopic (exact) mass is 284 g/mol. The number of rotatable bonds is 3. The van der Waals surface area contributed by atoms with Gasteiger partial charge >= 0.3 is 0 Å². The molecule has 0 aliphatic carbocycles. The van der Waals surface area contributed by atoms with Gasteiger partial charge in [-0.2, -0.15) is 5.10 Å². The molecule has 1 heterocycles. The number of aromatic nitrogens is 2. The van der Waals surface area contributed by atoms with Crippen LogP contribution < -0.4 is 0 Å². The lowest BCUT2D eigenvalue weighted by Gasteiger charge is -2.04. The van der Waals surface area contributed by atoms with Gasteiger partial charge in [-0.05, 0) is 32.0 Å². The van der Waals surface area contributed by atoms with Gasteiger partial charge in [0.25, 0.3) is 0 Å². The molecule has 0 saturated carbocycles. The first-order chi connectivity index (χ1) is 8.90. The van der Waals surface area contributed by atoms with Crippen LogP contribution in [0.4, 0.5) is 8.78 Å². The molecule has 0 fully saturated rings. The summed E-state index contributed by atoms with van der Waals surface area (Å²) in [5.74, 6) is -2.39. The molecule has 100 valence electrons. The summed E-state index contributed by atoms with van der Waals surface area (Å²) in [7, 11) is 0. The molecule has 0 bridgehead atoms. The van der Waals surface area contributed by atoms with Crippen LogP contribution in [0.2, 0.25) is 5.02 Å². The molecule has 0 saturated heterocycles. The predicted molar refractivity (Wildman–Crippen MR) is 67.4 cm³/mol. The first kappa shape index (κ1) is 13.7. The zero-order valence-electron chi connectivity index (χ0n) is 10.4. The second-order valence-corrected chi connectivity index (χ2v) is 4.57. The second kappa shape index (κ2) is 5.09. The maximum atomic E-state index is 13.1. The Morgan fingerprint density at radius 1 is 1.32 bits per heavy atom. The van der Waals surface area contributed by atoms with Crippen LogP contribution in [0.15, 0.2) is 18.2 Å². The quantitative estimate of drug-likeness (QED) is 0.811. The van der Waals surface area contributed by atoms with Crippen LogP contribution in [-0.4, -0.2) is 15.6 Å². The van der Waals surface area contributed by atoms with Gasteiger partial charge in [0.15, 0.2) is 17.4 Å². The van der Waals surface area contributed by atoms with E-state index < -0.39 is 11.6 Å². The van der Waals surface area contributed by atoms with Crippen molar-refractivity contribution in [2.75, 3.05) is 0 Å². The number of hydrogen-bond acceptors (Lipinski definition) is 2. The van der Waals surface area contributed by atoms with Gasteiger partial charge in [-0.1, -0.05) is 11.6 Å². The number of benzene rings is 1. The van der Waals surface area contributed by atoms with Crippen molar-refractivity contribution in [3.05, 3.63) is 51.8 Å². The topological polar surface area (TPSA) is 34.9 Å². The number of nitrogens with zero attached hydrogens (tertiary/aromatic N) is 2. The third-order valence-corrected chi connectivity index (χ3v) is 3.38. The summed E-state index contributed by atoms with van der Waals surface area (Å²) in [6.45, 7) is 3.40. The molecule has 0 atom stereocenters. The zero-order chi connectivity index (χ0) is 14.2. The third kappa shape index (κ3) is 2.66. The van der Waals surface area contributed by atoms with E-state index in [1.54, 1.807) is 13.8 Å². The fourth-order valence-corrected chi connectivity index (χ4v) is 1.86. The molecule has 3 nitrogen and oxygen atoms in total. The Hall–Kier alpha value is -1.75. The smallest absolute Gasteiger partial charge is 0.184 e. The minimum Gasteiger partial charge on any atom is -0.292 e. The Bertz CT molecular complexity index is 652. The van der Waals surface area contributed by atoms with E-state index in [2.05, 4.69) is 5.10 Å². The summed E-state index contributed by atoms with van der Waals surface area (Å²) in [6.07, 6.45) is 0. The molecule has 2 aromatic rings. The van der Waals surface area contributed by atoms with Crippen LogP contribution in [-0.2, 0) is 6.54 Å². The first-order valence-corrected chi connectivity index (χ1v) is 5.95. The first-order valence-electron chi connectivity index (χ1n) is 5.58. The van der Waals surface area contributed by atoms with E-state index in [1.807, 2.05) is 0 Å². The van der Waals surface area contributed by atoms with E-state index in [1.165, 1.54) is 10.7 Å². The Labute approximate surface area is 113 Å². The van der Waals surface area contributed by atoms with E-state index >= 15 is 0 Å². The van der Waals surface area contributed by atoms with Crippen molar-refractivity contribution in [1.82, 2.24) is 9.78 Å². The van der Waals surface area contributed by atoms with E-state index in [0.717, 1.165) is 12.1 Å². The molecule has 2 rings (SSSR count). The highest BCUT2D eigenvalue weighted by Crippen LogP contribution is 2.19. The fraction of sp³-hybridized carbons (Fsp3) is 0.231. The summed E-state index contributed by atoms with van der Waals surface area (Å²) in [6, 6.07) is 3.05. The van der Waals surface area contributed by atoms with Gasteiger partial charge in [0.2, 0.25) is 0 Å². The normalized spacial score (nSPS) is 10.8. The van der Waals surface area contributed by atoms with Crippen molar-refractivity contribution in [3.8, 4) is 0 Å². The number of carbonyl (C=O) groups is 1. The maximum Gasteiger partial charge on any atom is 0.184 e. The molecule has 0 unspecified atom stereocenters. The maximum absolute atomic E-state index is 13.1. The van der Waals surface area contributed by atoms with Gasteiger partial charge in [-0.3, -0.25) is 9.48 Å². The van der Waals surface area contributed by atoms with Crippen LogP contribution in [0.25, 0.3) is 0 Å². The van der Waals surface area contributed by atoms with Gasteiger partial charge in [-0.15, -0.1) is 0 Å². The highest BCUT2D eigenvalue weighted by atomic mass is 35.5. The molecule has 0 N–H and O–H groups in total. The Kier molecular flexibility index (Phi) is 3.66. The van der Waals surface area contributed by atoms with Crippen LogP contribution in [0.5, 0.6) is 0 Å². The highest BCUT2D eigenvalue weighted by molar-refractivity contribution is 6.31. The largest absolute Gasteiger partial charge is 0.292 e. The lowest BCUT2D eigenvalue weighted by molar-refractivity contribution is 0.0966. The molecule has 0 spiro atoms. The van der Waals surface area contributed by atoms with Crippen LogP contribution in [0.1, 0.15) is 21.7 Å². The number of Topliss-reactive ketones (excluding diaryl/α,β-unsaturated/α-hetero) is 1. The molecule has 19 heavy (non-hydrogen) atoms. The molecule has 0 radical (unpaired) electrons. The van der Waals surface area contributed by atoms with Crippen molar-refractivity contribution in [1.29, 1.82) is 0 Å². The van der Waals surface area contributed by atoms with E-state index in [9.17, 15) is 13.6 Å². The number of ketones is 1. The molecule has 6 heteroatoms. The van der Waals surface area contributed by atoms with Crippen molar-refractivity contribution in [2.45, 2.75) is 20.4 Å². The summed E-state index contributed by atoms with van der Waals surface area (Å²) >= 11 is 5.97. The van der Waals surface area contributed by atoms with Crippen LogP contribution in [0, 0.1) is 25.5 Å². The summed E-state index contributed by atoms with van der Waals surface area (Å²) < 4.78 is 27.3. The fourth-order valence-electron chi connectivity index (χ4n) is 1.73. The van der Waals surface area contributed by atoms with Crippen LogP contribution >= 0.6 is 11.6 Å². The molecular formula is C13H11ClF2N2O. The Morgan fingerprint density at radius 3 is 2.53 bits per heavy atom. The summed E-state index contributed by atoms with van der Waals surface area (Å²) in [5, 5.41) is 4.61. The van der Waals surface area contributed by atoms with Gasteiger partial charge in [-0.25, -0.2) is 8.78 Å². The number of aryl methyl sites for hydroxylation is 1. The average Bonchev–Trinajstić information content (AvgIpc) is 2.60. The highest BCUT2D eigenvalue weighted by Gasteiger charge is 2.14. The second-order valence-electron chi connectivity index (χ2n) is 4.19. The molecule has 1 aromatic carbocycles. The lowest BCUT2D eigenvalue weighted by atomic mass is 10.1. The summed E-state index contributed by atoms with van der Waals surface area (Å²) in [5.41, 5.74) is 1.38. The third-order valence-electron chi connectivity index (χ3n) is 2.83. The Morgan fingerprint density at radius 2 is 2.00 bits per heavy atom.